The molecular formula is C24H44O2. The summed E-state index contributed by atoms with van der Waals surface area (Å²) in [5, 5.41) is 0. The SMILES string of the molecule is CCCC1CCC(CCC2CCC(C3CCC(OCC)CO3)CC2)CC1. The molecule has 1 aliphatic heterocycles. The highest BCUT2D eigenvalue weighted by Crippen LogP contribution is 2.39. The summed E-state index contributed by atoms with van der Waals surface area (Å²) in [7, 11) is 0. The van der Waals surface area contributed by atoms with Crippen molar-refractivity contribution in [1.82, 2.24) is 0 Å². The van der Waals surface area contributed by atoms with Crippen LogP contribution in [-0.4, -0.2) is 25.4 Å². The molecule has 2 aliphatic carbocycles. The Hall–Kier alpha value is -0.0800. The van der Waals surface area contributed by atoms with E-state index in [2.05, 4.69) is 13.8 Å². The molecule has 2 heteroatoms. The van der Waals surface area contributed by atoms with Crippen molar-refractivity contribution in [3.63, 3.8) is 0 Å². The van der Waals surface area contributed by atoms with Gasteiger partial charge in [0, 0.05) is 6.61 Å². The zero-order chi connectivity index (χ0) is 18.2. The summed E-state index contributed by atoms with van der Waals surface area (Å²) < 4.78 is 11.9. The van der Waals surface area contributed by atoms with E-state index in [4.69, 9.17) is 9.47 Å². The quantitative estimate of drug-likeness (QED) is 0.473. The highest BCUT2D eigenvalue weighted by atomic mass is 16.5. The molecule has 0 bridgehead atoms. The fourth-order valence-electron chi connectivity index (χ4n) is 6.02. The molecule has 2 atom stereocenters. The maximum absolute atomic E-state index is 6.18. The highest BCUT2D eigenvalue weighted by molar-refractivity contribution is 4.82. The van der Waals surface area contributed by atoms with Gasteiger partial charge in [-0.3, -0.25) is 0 Å². The molecule has 1 saturated heterocycles. The Bertz CT molecular complexity index is 358. The smallest absolute Gasteiger partial charge is 0.0809 e. The zero-order valence-electron chi connectivity index (χ0n) is 17.6. The van der Waals surface area contributed by atoms with Crippen molar-refractivity contribution in [2.45, 2.75) is 116 Å². The van der Waals surface area contributed by atoms with Crippen molar-refractivity contribution in [1.29, 1.82) is 0 Å². The van der Waals surface area contributed by atoms with E-state index in [1.54, 1.807) is 0 Å². The van der Waals surface area contributed by atoms with Crippen molar-refractivity contribution >= 4 is 0 Å². The summed E-state index contributed by atoms with van der Waals surface area (Å²) in [6.45, 7) is 6.09. The molecule has 2 unspecified atom stereocenters. The van der Waals surface area contributed by atoms with Gasteiger partial charge in [0.15, 0.2) is 0 Å². The normalized spacial score (nSPS) is 39.0. The minimum Gasteiger partial charge on any atom is -0.376 e. The van der Waals surface area contributed by atoms with Crippen molar-refractivity contribution < 1.29 is 9.47 Å². The molecule has 0 aromatic rings. The summed E-state index contributed by atoms with van der Waals surface area (Å²) >= 11 is 0. The fourth-order valence-corrected chi connectivity index (χ4v) is 6.02. The van der Waals surface area contributed by atoms with Gasteiger partial charge in [-0.25, -0.2) is 0 Å². The molecule has 2 nitrogen and oxygen atoms in total. The molecular weight excluding hydrogens is 320 g/mol. The van der Waals surface area contributed by atoms with Gasteiger partial charge >= 0.3 is 0 Å². The Morgan fingerprint density at radius 1 is 0.692 bits per heavy atom. The van der Waals surface area contributed by atoms with Crippen LogP contribution in [0.3, 0.4) is 0 Å². The van der Waals surface area contributed by atoms with E-state index < -0.39 is 0 Å². The lowest BCUT2D eigenvalue weighted by atomic mass is 9.73. The van der Waals surface area contributed by atoms with Crippen LogP contribution < -0.4 is 0 Å². The number of rotatable bonds is 8. The molecule has 0 aromatic heterocycles. The van der Waals surface area contributed by atoms with Crippen LogP contribution in [0, 0.1) is 23.7 Å². The van der Waals surface area contributed by atoms with Gasteiger partial charge in [-0.1, -0.05) is 71.1 Å². The molecule has 3 fully saturated rings. The first-order valence-corrected chi connectivity index (χ1v) is 12.0. The van der Waals surface area contributed by atoms with Crippen molar-refractivity contribution in [3.05, 3.63) is 0 Å². The second-order valence-electron chi connectivity index (χ2n) is 9.56. The van der Waals surface area contributed by atoms with E-state index in [0.29, 0.717) is 12.2 Å². The summed E-state index contributed by atoms with van der Waals surface area (Å²) in [6.07, 6.45) is 21.1. The summed E-state index contributed by atoms with van der Waals surface area (Å²) in [6, 6.07) is 0. The second kappa shape index (κ2) is 11.1. The van der Waals surface area contributed by atoms with Gasteiger partial charge in [-0.05, 0) is 56.3 Å². The predicted octanol–water partition coefficient (Wildman–Crippen LogP) is 6.76. The first-order valence-electron chi connectivity index (χ1n) is 12.0. The van der Waals surface area contributed by atoms with Gasteiger partial charge in [-0.2, -0.15) is 0 Å². The molecule has 0 spiro atoms. The highest BCUT2D eigenvalue weighted by Gasteiger charge is 2.32. The van der Waals surface area contributed by atoms with Crippen LogP contribution in [0.5, 0.6) is 0 Å². The molecule has 0 N–H and O–H groups in total. The first kappa shape index (κ1) is 20.6. The van der Waals surface area contributed by atoms with E-state index in [1.807, 2.05) is 0 Å². The molecule has 0 amide bonds. The average molecular weight is 365 g/mol. The third-order valence-corrected chi connectivity index (χ3v) is 7.74. The molecule has 2 saturated carbocycles. The van der Waals surface area contributed by atoms with Gasteiger partial charge in [0.05, 0.1) is 18.8 Å². The molecule has 0 aromatic carbocycles. The lowest BCUT2D eigenvalue weighted by Gasteiger charge is -2.38. The molecule has 152 valence electrons. The topological polar surface area (TPSA) is 18.5 Å². The van der Waals surface area contributed by atoms with Crippen LogP contribution in [-0.2, 0) is 9.47 Å². The molecule has 0 radical (unpaired) electrons. The van der Waals surface area contributed by atoms with E-state index in [-0.39, 0.29) is 0 Å². The van der Waals surface area contributed by atoms with E-state index in [0.717, 1.165) is 36.9 Å². The average Bonchev–Trinajstić information content (AvgIpc) is 2.69. The van der Waals surface area contributed by atoms with Crippen LogP contribution in [0.15, 0.2) is 0 Å². The Labute approximate surface area is 162 Å². The van der Waals surface area contributed by atoms with Gasteiger partial charge in [-0.15, -0.1) is 0 Å². The van der Waals surface area contributed by atoms with Gasteiger partial charge in [0.2, 0.25) is 0 Å². The van der Waals surface area contributed by atoms with Gasteiger partial charge < -0.3 is 9.47 Å². The van der Waals surface area contributed by atoms with Crippen LogP contribution >= 0.6 is 0 Å². The first-order chi connectivity index (χ1) is 12.8. The predicted molar refractivity (Wildman–Crippen MR) is 109 cm³/mol. The summed E-state index contributed by atoms with van der Waals surface area (Å²) in [4.78, 5) is 0. The van der Waals surface area contributed by atoms with Crippen LogP contribution in [0.2, 0.25) is 0 Å². The Morgan fingerprint density at radius 2 is 1.27 bits per heavy atom. The van der Waals surface area contributed by atoms with Crippen LogP contribution in [0.25, 0.3) is 0 Å². The van der Waals surface area contributed by atoms with Gasteiger partial charge in [0.25, 0.3) is 0 Å². The summed E-state index contributed by atoms with van der Waals surface area (Å²) in [5.74, 6) is 3.96. The molecule has 26 heavy (non-hydrogen) atoms. The van der Waals surface area contributed by atoms with E-state index in [1.165, 1.54) is 89.9 Å². The molecule has 3 aliphatic rings. The summed E-state index contributed by atoms with van der Waals surface area (Å²) in [5.41, 5.74) is 0. The van der Waals surface area contributed by atoms with Crippen LogP contribution in [0.1, 0.15) is 104 Å². The van der Waals surface area contributed by atoms with E-state index >= 15 is 0 Å². The Balaban J connectivity index is 1.27. The van der Waals surface area contributed by atoms with Crippen molar-refractivity contribution in [2.24, 2.45) is 23.7 Å². The molecule has 1 heterocycles. The van der Waals surface area contributed by atoms with Crippen molar-refractivity contribution in [2.75, 3.05) is 13.2 Å². The second-order valence-corrected chi connectivity index (χ2v) is 9.56. The number of hydrogen-bond acceptors (Lipinski definition) is 2. The fraction of sp³-hybridized carbons (Fsp3) is 1.00. The van der Waals surface area contributed by atoms with Crippen molar-refractivity contribution in [3.8, 4) is 0 Å². The molecule has 3 rings (SSSR count). The lowest BCUT2D eigenvalue weighted by Crippen LogP contribution is -2.37. The Kier molecular flexibility index (Phi) is 8.78. The third-order valence-electron chi connectivity index (χ3n) is 7.74. The third kappa shape index (κ3) is 6.23. The largest absolute Gasteiger partial charge is 0.376 e. The monoisotopic (exact) mass is 364 g/mol. The number of ether oxygens (including phenoxy) is 2. The van der Waals surface area contributed by atoms with Crippen LogP contribution in [0.4, 0.5) is 0 Å². The number of hydrogen-bond donors (Lipinski definition) is 0. The zero-order valence-corrected chi connectivity index (χ0v) is 17.6. The Morgan fingerprint density at radius 3 is 1.77 bits per heavy atom. The minimum absolute atomic E-state index is 0.361. The van der Waals surface area contributed by atoms with Gasteiger partial charge in [0.1, 0.15) is 0 Å². The lowest BCUT2D eigenvalue weighted by molar-refractivity contribution is -0.106. The minimum atomic E-state index is 0.361. The van der Waals surface area contributed by atoms with E-state index in [9.17, 15) is 0 Å². The standard InChI is InChI=1S/C24H44O2/c1-3-5-19-6-8-20(9-7-19)10-11-21-12-14-22(15-13-21)24-17-16-23(18-26-24)25-4-2/h19-24H,3-18H2,1-2H3. The maximum Gasteiger partial charge on any atom is 0.0809 e. The maximum atomic E-state index is 6.18.